The van der Waals surface area contributed by atoms with Gasteiger partial charge in [0.25, 0.3) is 0 Å². The predicted molar refractivity (Wildman–Crippen MR) is 111 cm³/mol. The molecule has 2 nitrogen and oxygen atoms in total. The van der Waals surface area contributed by atoms with E-state index in [4.69, 9.17) is 4.98 Å². The Morgan fingerprint density at radius 2 is 1.73 bits per heavy atom. The van der Waals surface area contributed by atoms with Gasteiger partial charge in [-0.2, -0.15) is 0 Å². The number of nitrogens with zero attached hydrogens (tertiary/aromatic N) is 2. The zero-order valence-electron chi connectivity index (χ0n) is 15.9. The van der Waals surface area contributed by atoms with Crippen molar-refractivity contribution in [2.45, 2.75) is 45.4 Å². The molecule has 2 heteroatoms. The second-order valence-electron chi connectivity index (χ2n) is 7.72. The summed E-state index contributed by atoms with van der Waals surface area (Å²) in [6.07, 6.45) is 7.04. The first-order valence-electron chi connectivity index (χ1n) is 9.90. The topological polar surface area (TPSA) is 16.1 Å². The van der Waals surface area contributed by atoms with Gasteiger partial charge >= 0.3 is 0 Å². The van der Waals surface area contributed by atoms with Crippen LogP contribution in [0.3, 0.4) is 0 Å². The van der Waals surface area contributed by atoms with E-state index in [1.165, 1.54) is 65.6 Å². The van der Waals surface area contributed by atoms with Crippen molar-refractivity contribution < 1.29 is 0 Å². The van der Waals surface area contributed by atoms with Crippen molar-refractivity contribution in [3.63, 3.8) is 0 Å². The average molecular weight is 345 g/mol. The van der Waals surface area contributed by atoms with Crippen molar-refractivity contribution in [3.8, 4) is 0 Å². The van der Waals surface area contributed by atoms with Crippen molar-refractivity contribution in [2.75, 3.05) is 18.0 Å². The molecule has 1 atom stereocenters. The lowest BCUT2D eigenvalue weighted by atomic mass is 9.93. The summed E-state index contributed by atoms with van der Waals surface area (Å²) in [7, 11) is 0. The van der Waals surface area contributed by atoms with Gasteiger partial charge < -0.3 is 4.90 Å². The minimum atomic E-state index is 0.462. The molecule has 1 aromatic heterocycles. The van der Waals surface area contributed by atoms with Crippen molar-refractivity contribution in [2.24, 2.45) is 0 Å². The van der Waals surface area contributed by atoms with Crippen LogP contribution in [0.2, 0.25) is 0 Å². The molecule has 1 aliphatic heterocycles. The molecule has 3 aromatic rings. The molecule has 0 N–H and O–H groups in total. The van der Waals surface area contributed by atoms with E-state index in [0.717, 1.165) is 6.42 Å². The number of rotatable bonds is 4. The molecule has 0 spiro atoms. The number of fused-ring (bicyclic) bond motifs is 1. The van der Waals surface area contributed by atoms with Crippen LogP contribution in [0, 0.1) is 6.92 Å². The standard InChI is InChI=1S/C24H28N2/c1-18(21-11-10-20-8-4-5-9-22(20)15-21)14-23-16-24(19(2)17-25-23)26-12-6-3-7-13-26/h4-5,8-11,15-18H,3,6-7,12-14H2,1-2H3. The fraction of sp³-hybridized carbons (Fsp3) is 0.375. The number of hydrogen-bond acceptors (Lipinski definition) is 2. The van der Waals surface area contributed by atoms with Crippen LogP contribution in [0.4, 0.5) is 5.69 Å². The van der Waals surface area contributed by atoms with Gasteiger partial charge in [-0.25, -0.2) is 0 Å². The molecular formula is C24H28N2. The summed E-state index contributed by atoms with van der Waals surface area (Å²) in [6, 6.07) is 17.8. The van der Waals surface area contributed by atoms with E-state index >= 15 is 0 Å². The highest BCUT2D eigenvalue weighted by Crippen LogP contribution is 2.28. The minimum absolute atomic E-state index is 0.462. The van der Waals surface area contributed by atoms with E-state index in [1.807, 2.05) is 0 Å². The van der Waals surface area contributed by atoms with Gasteiger partial charge in [-0.3, -0.25) is 4.98 Å². The molecule has 2 heterocycles. The summed E-state index contributed by atoms with van der Waals surface area (Å²) in [5.41, 5.74) is 5.29. The van der Waals surface area contributed by atoms with Gasteiger partial charge in [0.05, 0.1) is 0 Å². The fourth-order valence-electron chi connectivity index (χ4n) is 4.09. The lowest BCUT2D eigenvalue weighted by Gasteiger charge is -2.30. The second kappa shape index (κ2) is 7.49. The maximum absolute atomic E-state index is 4.73. The summed E-state index contributed by atoms with van der Waals surface area (Å²) in [4.78, 5) is 7.28. The lowest BCUT2D eigenvalue weighted by molar-refractivity contribution is 0.576. The van der Waals surface area contributed by atoms with E-state index in [9.17, 15) is 0 Å². The van der Waals surface area contributed by atoms with Gasteiger partial charge in [0.2, 0.25) is 0 Å². The minimum Gasteiger partial charge on any atom is -0.371 e. The summed E-state index contributed by atoms with van der Waals surface area (Å²) in [5.74, 6) is 0.462. The molecular weight excluding hydrogens is 316 g/mol. The highest BCUT2D eigenvalue weighted by molar-refractivity contribution is 5.83. The number of anilines is 1. The number of pyridine rings is 1. The highest BCUT2D eigenvalue weighted by atomic mass is 15.1. The van der Waals surface area contributed by atoms with Crippen LogP contribution in [0.25, 0.3) is 10.8 Å². The van der Waals surface area contributed by atoms with E-state index in [0.29, 0.717) is 5.92 Å². The first kappa shape index (κ1) is 17.1. The smallest absolute Gasteiger partial charge is 0.0430 e. The van der Waals surface area contributed by atoms with E-state index in [2.05, 4.69) is 73.5 Å². The van der Waals surface area contributed by atoms with Crippen LogP contribution in [0.15, 0.2) is 54.7 Å². The van der Waals surface area contributed by atoms with Gasteiger partial charge in [-0.1, -0.05) is 49.4 Å². The van der Waals surface area contributed by atoms with Gasteiger partial charge in [0, 0.05) is 30.7 Å². The van der Waals surface area contributed by atoms with E-state index < -0.39 is 0 Å². The Bertz CT molecular complexity index is 894. The Labute approximate surface area is 156 Å². The summed E-state index contributed by atoms with van der Waals surface area (Å²) in [6.45, 7) is 6.87. The van der Waals surface area contributed by atoms with E-state index in [1.54, 1.807) is 0 Å². The lowest BCUT2D eigenvalue weighted by Crippen LogP contribution is -2.30. The third-order valence-electron chi connectivity index (χ3n) is 5.69. The maximum atomic E-state index is 4.73. The zero-order chi connectivity index (χ0) is 17.9. The highest BCUT2D eigenvalue weighted by Gasteiger charge is 2.15. The Balaban J connectivity index is 1.55. The third-order valence-corrected chi connectivity index (χ3v) is 5.69. The fourth-order valence-corrected chi connectivity index (χ4v) is 4.09. The second-order valence-corrected chi connectivity index (χ2v) is 7.72. The molecule has 26 heavy (non-hydrogen) atoms. The van der Waals surface area contributed by atoms with Crippen LogP contribution in [0.1, 0.15) is 48.9 Å². The molecule has 1 fully saturated rings. The Morgan fingerprint density at radius 1 is 0.962 bits per heavy atom. The number of piperidine rings is 1. The summed E-state index contributed by atoms with van der Waals surface area (Å²) >= 11 is 0. The van der Waals surface area contributed by atoms with Crippen molar-refractivity contribution in [1.82, 2.24) is 4.98 Å². The normalized spacial score (nSPS) is 16.0. The van der Waals surface area contributed by atoms with Crippen LogP contribution in [-0.2, 0) is 6.42 Å². The van der Waals surface area contributed by atoms with Crippen molar-refractivity contribution in [3.05, 3.63) is 71.5 Å². The molecule has 134 valence electrons. The monoisotopic (exact) mass is 344 g/mol. The number of hydrogen-bond donors (Lipinski definition) is 0. The van der Waals surface area contributed by atoms with Crippen LogP contribution in [-0.4, -0.2) is 18.1 Å². The predicted octanol–water partition coefficient (Wildman–Crippen LogP) is 5.88. The van der Waals surface area contributed by atoms with Crippen LogP contribution >= 0.6 is 0 Å². The number of benzene rings is 2. The summed E-state index contributed by atoms with van der Waals surface area (Å²) < 4.78 is 0. The first-order valence-corrected chi connectivity index (χ1v) is 9.90. The molecule has 2 aromatic carbocycles. The molecule has 0 bridgehead atoms. The Hall–Kier alpha value is -2.35. The van der Waals surface area contributed by atoms with Gasteiger partial charge in [0.15, 0.2) is 0 Å². The quantitative estimate of drug-likeness (QED) is 0.587. The first-order chi connectivity index (χ1) is 12.7. The van der Waals surface area contributed by atoms with E-state index in [-0.39, 0.29) is 0 Å². The molecule has 0 radical (unpaired) electrons. The van der Waals surface area contributed by atoms with Crippen molar-refractivity contribution >= 4 is 16.5 Å². The molecule has 4 rings (SSSR count). The third kappa shape index (κ3) is 3.60. The van der Waals surface area contributed by atoms with Gasteiger partial charge in [-0.15, -0.1) is 0 Å². The number of aromatic nitrogens is 1. The summed E-state index contributed by atoms with van der Waals surface area (Å²) in [5, 5.41) is 2.63. The van der Waals surface area contributed by atoms with Crippen molar-refractivity contribution in [1.29, 1.82) is 0 Å². The Morgan fingerprint density at radius 3 is 2.54 bits per heavy atom. The van der Waals surface area contributed by atoms with Crippen LogP contribution in [0.5, 0.6) is 0 Å². The molecule has 0 amide bonds. The zero-order valence-corrected chi connectivity index (χ0v) is 15.9. The average Bonchev–Trinajstić information content (AvgIpc) is 2.69. The maximum Gasteiger partial charge on any atom is 0.0430 e. The number of aryl methyl sites for hydroxylation is 1. The van der Waals surface area contributed by atoms with Gasteiger partial charge in [-0.05, 0) is 66.5 Å². The Kier molecular flexibility index (Phi) is 4.92. The molecule has 0 aliphatic carbocycles. The SMILES string of the molecule is Cc1cnc(CC(C)c2ccc3ccccc3c2)cc1N1CCCCC1. The van der Waals surface area contributed by atoms with Crippen LogP contribution < -0.4 is 4.90 Å². The molecule has 0 saturated carbocycles. The largest absolute Gasteiger partial charge is 0.371 e. The molecule has 1 aliphatic rings. The molecule has 1 unspecified atom stereocenters. The van der Waals surface area contributed by atoms with Gasteiger partial charge in [0.1, 0.15) is 0 Å². The molecule has 1 saturated heterocycles.